The highest BCUT2D eigenvalue weighted by Crippen LogP contribution is 2.61. The van der Waals surface area contributed by atoms with Crippen molar-refractivity contribution in [2.75, 3.05) is 12.0 Å². The fourth-order valence-electron chi connectivity index (χ4n) is 5.59. The topological polar surface area (TPSA) is 75.7 Å². The van der Waals surface area contributed by atoms with Crippen LogP contribution >= 0.6 is 0 Å². The maximum absolute atomic E-state index is 13.6. The lowest BCUT2D eigenvalue weighted by molar-refractivity contribution is -0.152. The van der Waals surface area contributed by atoms with Gasteiger partial charge in [0.1, 0.15) is 5.54 Å². The minimum Gasteiger partial charge on any atom is -0.468 e. The fourth-order valence-corrected chi connectivity index (χ4v) is 5.59. The van der Waals surface area contributed by atoms with Crippen LogP contribution in [0.25, 0.3) is 0 Å². The average Bonchev–Trinajstić information content (AvgIpc) is 3.37. The van der Waals surface area contributed by atoms with Crippen LogP contribution in [0.15, 0.2) is 54.6 Å². The SMILES string of the molecule is COC(=O)[C@]12CC[C@](c3ccccc3)(N1)[C@@H]1C(=O)N(c3ccc(C)cc3)C(=O)[C@@H]12. The lowest BCUT2D eigenvalue weighted by Crippen LogP contribution is -2.54. The van der Waals surface area contributed by atoms with Gasteiger partial charge in [0.15, 0.2) is 0 Å². The number of aryl methyl sites for hydroxylation is 1. The summed E-state index contributed by atoms with van der Waals surface area (Å²) in [5.41, 5.74) is 0.572. The van der Waals surface area contributed by atoms with E-state index in [-0.39, 0.29) is 11.8 Å². The van der Waals surface area contributed by atoms with Crippen molar-refractivity contribution in [3.8, 4) is 0 Å². The summed E-state index contributed by atoms with van der Waals surface area (Å²) in [6, 6.07) is 17.0. The van der Waals surface area contributed by atoms with E-state index in [1.165, 1.54) is 12.0 Å². The molecule has 3 aliphatic rings. The number of benzene rings is 2. The minimum atomic E-state index is -1.18. The van der Waals surface area contributed by atoms with Crippen molar-refractivity contribution >= 4 is 23.5 Å². The first-order valence-electron chi connectivity index (χ1n) is 9.82. The van der Waals surface area contributed by atoms with Crippen LogP contribution in [-0.2, 0) is 24.7 Å². The van der Waals surface area contributed by atoms with Crippen LogP contribution in [0, 0.1) is 18.8 Å². The molecule has 148 valence electrons. The third-order valence-electron chi connectivity index (χ3n) is 6.86. The number of imide groups is 1. The monoisotopic (exact) mass is 390 g/mol. The van der Waals surface area contributed by atoms with Crippen LogP contribution in [0.4, 0.5) is 5.69 Å². The highest BCUT2D eigenvalue weighted by molar-refractivity contribution is 6.24. The Morgan fingerprint density at radius 3 is 2.31 bits per heavy atom. The van der Waals surface area contributed by atoms with E-state index in [9.17, 15) is 14.4 Å². The van der Waals surface area contributed by atoms with Gasteiger partial charge in [0.2, 0.25) is 11.8 Å². The molecule has 0 unspecified atom stereocenters. The molecule has 0 radical (unpaired) electrons. The second-order valence-corrected chi connectivity index (χ2v) is 8.23. The number of hydrogen-bond donors (Lipinski definition) is 1. The van der Waals surface area contributed by atoms with E-state index in [2.05, 4.69) is 5.32 Å². The Kier molecular flexibility index (Phi) is 3.74. The molecule has 0 saturated carbocycles. The minimum absolute atomic E-state index is 0.259. The Hall–Kier alpha value is -2.99. The molecular weight excluding hydrogens is 368 g/mol. The summed E-state index contributed by atoms with van der Waals surface area (Å²) in [5.74, 6) is -2.50. The van der Waals surface area contributed by atoms with Crippen LogP contribution in [-0.4, -0.2) is 30.4 Å². The average molecular weight is 390 g/mol. The molecule has 0 aromatic heterocycles. The number of fused-ring (bicyclic) bond motifs is 5. The summed E-state index contributed by atoms with van der Waals surface area (Å²) in [5, 5.41) is 3.42. The van der Waals surface area contributed by atoms with Crippen molar-refractivity contribution in [1.29, 1.82) is 0 Å². The molecule has 29 heavy (non-hydrogen) atoms. The first kappa shape index (κ1) is 18.1. The molecule has 0 spiro atoms. The van der Waals surface area contributed by atoms with Crippen molar-refractivity contribution in [3.63, 3.8) is 0 Å². The van der Waals surface area contributed by atoms with Gasteiger partial charge < -0.3 is 4.74 Å². The molecule has 2 amide bonds. The molecule has 3 saturated heterocycles. The number of carbonyl (C=O) groups excluding carboxylic acids is 3. The summed E-state index contributed by atoms with van der Waals surface area (Å²) in [4.78, 5) is 41.3. The predicted octanol–water partition coefficient (Wildman–Crippen LogP) is 2.30. The maximum atomic E-state index is 13.6. The van der Waals surface area contributed by atoms with Gasteiger partial charge >= 0.3 is 5.97 Å². The highest BCUT2D eigenvalue weighted by atomic mass is 16.5. The largest absolute Gasteiger partial charge is 0.468 e. The third-order valence-corrected chi connectivity index (χ3v) is 6.86. The molecule has 3 heterocycles. The molecule has 2 aromatic rings. The van der Waals surface area contributed by atoms with Gasteiger partial charge in [-0.3, -0.25) is 19.7 Å². The molecule has 2 aromatic carbocycles. The number of carbonyl (C=O) groups is 3. The fraction of sp³-hybridized carbons (Fsp3) is 0.348. The summed E-state index contributed by atoms with van der Waals surface area (Å²) in [6.45, 7) is 1.95. The number of nitrogens with zero attached hydrogens (tertiary/aromatic N) is 1. The third kappa shape index (κ3) is 2.18. The van der Waals surface area contributed by atoms with Crippen molar-refractivity contribution in [1.82, 2.24) is 5.32 Å². The lowest BCUT2D eigenvalue weighted by Gasteiger charge is -2.33. The van der Waals surface area contributed by atoms with Gasteiger partial charge in [-0.25, -0.2) is 4.90 Å². The standard InChI is InChI=1S/C23H22N2O4/c1-14-8-10-16(11-9-14)25-19(26)17-18(20(25)27)23(21(28)29-2)13-12-22(17,24-23)15-6-4-3-5-7-15/h3-11,17-18,24H,12-13H2,1-2H3/t17-,18+,22+,23+/m0/s1. The van der Waals surface area contributed by atoms with Crippen molar-refractivity contribution in [2.24, 2.45) is 11.8 Å². The molecule has 6 nitrogen and oxygen atoms in total. The number of hydrogen-bond acceptors (Lipinski definition) is 5. The number of methoxy groups -OCH3 is 1. The smallest absolute Gasteiger partial charge is 0.326 e. The van der Waals surface area contributed by atoms with Crippen LogP contribution in [0.2, 0.25) is 0 Å². The number of amides is 2. The van der Waals surface area contributed by atoms with Crippen LogP contribution < -0.4 is 10.2 Å². The van der Waals surface area contributed by atoms with Gasteiger partial charge in [-0.05, 0) is 37.5 Å². The van der Waals surface area contributed by atoms with E-state index in [1.54, 1.807) is 12.1 Å². The molecule has 6 heteroatoms. The van der Waals surface area contributed by atoms with Gasteiger partial charge in [0.05, 0.1) is 30.2 Å². The summed E-state index contributed by atoms with van der Waals surface area (Å²) in [7, 11) is 1.33. The molecule has 3 aliphatic heterocycles. The Labute approximate surface area is 168 Å². The first-order chi connectivity index (χ1) is 13.9. The van der Waals surface area contributed by atoms with E-state index < -0.39 is 28.9 Å². The van der Waals surface area contributed by atoms with Crippen molar-refractivity contribution in [2.45, 2.75) is 30.8 Å². The second kappa shape index (κ2) is 6.00. The number of nitrogens with one attached hydrogen (secondary N) is 1. The van der Waals surface area contributed by atoms with E-state index in [4.69, 9.17) is 4.74 Å². The van der Waals surface area contributed by atoms with E-state index in [1.807, 2.05) is 49.4 Å². The maximum Gasteiger partial charge on any atom is 0.326 e. The first-order valence-corrected chi connectivity index (χ1v) is 9.82. The summed E-state index contributed by atoms with van der Waals surface area (Å²) in [6.07, 6.45) is 1.05. The Balaban J connectivity index is 1.68. The number of esters is 1. The van der Waals surface area contributed by atoms with Gasteiger partial charge in [-0.2, -0.15) is 0 Å². The summed E-state index contributed by atoms with van der Waals surface area (Å²) < 4.78 is 5.10. The number of rotatable bonds is 3. The summed E-state index contributed by atoms with van der Waals surface area (Å²) >= 11 is 0. The van der Waals surface area contributed by atoms with Gasteiger partial charge in [-0.1, -0.05) is 48.0 Å². The zero-order chi connectivity index (χ0) is 20.4. The second-order valence-electron chi connectivity index (χ2n) is 8.23. The molecule has 0 aliphatic carbocycles. The van der Waals surface area contributed by atoms with E-state index >= 15 is 0 Å². The van der Waals surface area contributed by atoms with Gasteiger partial charge in [0, 0.05) is 0 Å². The molecule has 2 bridgehead atoms. The highest BCUT2D eigenvalue weighted by Gasteiger charge is 2.77. The molecule has 3 fully saturated rings. The normalized spacial score (nSPS) is 32.6. The van der Waals surface area contributed by atoms with Crippen molar-refractivity contribution in [3.05, 3.63) is 65.7 Å². The molecule has 5 rings (SSSR count). The van der Waals surface area contributed by atoms with Crippen LogP contribution in [0.5, 0.6) is 0 Å². The number of ether oxygens (including phenoxy) is 1. The van der Waals surface area contributed by atoms with Gasteiger partial charge in [0.25, 0.3) is 0 Å². The lowest BCUT2D eigenvalue weighted by atomic mass is 9.65. The zero-order valence-corrected chi connectivity index (χ0v) is 16.3. The Morgan fingerprint density at radius 2 is 1.66 bits per heavy atom. The molecule has 1 N–H and O–H groups in total. The quantitative estimate of drug-likeness (QED) is 0.643. The van der Waals surface area contributed by atoms with Crippen LogP contribution in [0.3, 0.4) is 0 Å². The molecular formula is C23H22N2O4. The molecule has 4 atom stereocenters. The Morgan fingerprint density at radius 1 is 1.00 bits per heavy atom. The predicted molar refractivity (Wildman–Crippen MR) is 106 cm³/mol. The van der Waals surface area contributed by atoms with Gasteiger partial charge in [-0.15, -0.1) is 0 Å². The number of anilines is 1. The Bertz CT molecular complexity index is 1020. The van der Waals surface area contributed by atoms with E-state index in [0.717, 1.165) is 11.1 Å². The van der Waals surface area contributed by atoms with Crippen LogP contribution in [0.1, 0.15) is 24.0 Å². The zero-order valence-electron chi connectivity index (χ0n) is 16.3. The van der Waals surface area contributed by atoms with Crippen molar-refractivity contribution < 1.29 is 19.1 Å². The van der Waals surface area contributed by atoms with E-state index in [0.29, 0.717) is 18.5 Å².